The van der Waals surface area contributed by atoms with Gasteiger partial charge in [0.25, 0.3) is 5.91 Å². The van der Waals surface area contributed by atoms with Crippen LogP contribution in [-0.2, 0) is 0 Å². The second-order valence-electron chi connectivity index (χ2n) is 4.25. The molecule has 0 aliphatic rings. The Labute approximate surface area is 130 Å². The second kappa shape index (κ2) is 6.19. The fourth-order valence-corrected chi connectivity index (χ4v) is 2.03. The summed E-state index contributed by atoms with van der Waals surface area (Å²) in [6, 6.07) is 5.21. The molecule has 0 fully saturated rings. The number of carbonyl (C=O) groups excluding carboxylic acids is 1. The number of anilines is 2. The molecule has 5 nitrogen and oxygen atoms in total. The van der Waals surface area contributed by atoms with Crippen molar-refractivity contribution in [3.05, 3.63) is 45.8 Å². The molecule has 0 aliphatic heterocycles. The molecule has 0 aromatic carbocycles. The van der Waals surface area contributed by atoms with Gasteiger partial charge in [0.1, 0.15) is 11.0 Å². The van der Waals surface area contributed by atoms with Crippen LogP contribution < -0.4 is 10.2 Å². The van der Waals surface area contributed by atoms with E-state index in [1.807, 2.05) is 25.1 Å². The zero-order valence-corrected chi connectivity index (χ0v) is 13.2. The number of nitrogens with zero attached hydrogens (tertiary/aromatic N) is 3. The number of hydrogen-bond donors (Lipinski definition) is 1. The third kappa shape index (κ3) is 3.46. The number of amides is 1. The van der Waals surface area contributed by atoms with Crippen molar-refractivity contribution >= 4 is 44.9 Å². The van der Waals surface area contributed by atoms with Crippen LogP contribution in [0.25, 0.3) is 0 Å². The summed E-state index contributed by atoms with van der Waals surface area (Å²) in [5, 5.41) is 2.88. The first-order valence-electron chi connectivity index (χ1n) is 5.73. The van der Waals surface area contributed by atoms with Gasteiger partial charge in [-0.3, -0.25) is 4.79 Å². The third-order valence-corrected chi connectivity index (χ3v) is 3.25. The fraction of sp³-hybridized carbons (Fsp3) is 0.154. The number of hydrogen-bond acceptors (Lipinski definition) is 4. The van der Waals surface area contributed by atoms with Crippen LogP contribution in [0.15, 0.2) is 35.1 Å². The van der Waals surface area contributed by atoms with E-state index in [1.54, 1.807) is 18.3 Å². The molecule has 0 aliphatic carbocycles. The predicted molar refractivity (Wildman–Crippen MR) is 83.5 cm³/mol. The average Bonchev–Trinajstić information content (AvgIpc) is 2.42. The van der Waals surface area contributed by atoms with Crippen LogP contribution in [0.4, 0.5) is 11.5 Å². The van der Waals surface area contributed by atoms with Gasteiger partial charge in [0, 0.05) is 24.8 Å². The van der Waals surface area contributed by atoms with E-state index in [2.05, 4.69) is 31.2 Å². The molecular formula is C13H12BrClN4O. The topological polar surface area (TPSA) is 58.1 Å². The highest BCUT2D eigenvalue weighted by molar-refractivity contribution is 9.10. The Kier molecular flexibility index (Phi) is 4.57. The van der Waals surface area contributed by atoms with Crippen molar-refractivity contribution in [2.24, 2.45) is 0 Å². The van der Waals surface area contributed by atoms with Gasteiger partial charge in [-0.1, -0.05) is 11.6 Å². The van der Waals surface area contributed by atoms with Crippen molar-refractivity contribution in [3.8, 4) is 0 Å². The van der Waals surface area contributed by atoms with Crippen molar-refractivity contribution in [1.82, 2.24) is 9.97 Å². The maximum absolute atomic E-state index is 12.1. The lowest BCUT2D eigenvalue weighted by molar-refractivity contribution is 0.102. The largest absolute Gasteiger partial charge is 0.363 e. The summed E-state index contributed by atoms with van der Waals surface area (Å²) in [4.78, 5) is 22.1. The smallest absolute Gasteiger partial charge is 0.258 e. The van der Waals surface area contributed by atoms with Crippen LogP contribution in [0.2, 0.25) is 5.15 Å². The number of pyridine rings is 2. The summed E-state index contributed by atoms with van der Waals surface area (Å²) in [6.07, 6.45) is 3.12. The summed E-state index contributed by atoms with van der Waals surface area (Å²) >= 11 is 9.17. The van der Waals surface area contributed by atoms with Crippen LogP contribution in [0, 0.1) is 0 Å². The number of aromatic nitrogens is 2. The quantitative estimate of drug-likeness (QED) is 0.859. The molecule has 0 spiro atoms. The van der Waals surface area contributed by atoms with E-state index in [0.717, 1.165) is 5.82 Å². The minimum Gasteiger partial charge on any atom is -0.363 e. The number of halogens is 2. The molecule has 1 N–H and O–H groups in total. The molecule has 0 bridgehead atoms. The Morgan fingerprint density at radius 1 is 1.30 bits per heavy atom. The standard InChI is InChI=1S/C13H12BrClN4O/c1-19(2)11-4-3-9(7-16-11)18-13(20)10-5-8(14)6-17-12(10)15/h3-7H,1-2H3,(H,18,20). The maximum Gasteiger partial charge on any atom is 0.258 e. The van der Waals surface area contributed by atoms with Crippen LogP contribution >= 0.6 is 27.5 Å². The number of nitrogens with one attached hydrogen (secondary N) is 1. The second-order valence-corrected chi connectivity index (χ2v) is 5.52. The first-order chi connectivity index (χ1) is 9.47. The Balaban J connectivity index is 2.17. The van der Waals surface area contributed by atoms with Gasteiger partial charge >= 0.3 is 0 Å². The van der Waals surface area contributed by atoms with E-state index in [0.29, 0.717) is 15.7 Å². The molecule has 20 heavy (non-hydrogen) atoms. The Bertz CT molecular complexity index is 631. The molecule has 104 valence electrons. The van der Waals surface area contributed by atoms with Crippen LogP contribution in [-0.4, -0.2) is 30.0 Å². The lowest BCUT2D eigenvalue weighted by Gasteiger charge is -2.12. The van der Waals surface area contributed by atoms with Gasteiger partial charge in [0.15, 0.2) is 0 Å². The Morgan fingerprint density at radius 2 is 2.05 bits per heavy atom. The Hall–Kier alpha value is -1.66. The van der Waals surface area contributed by atoms with Gasteiger partial charge in [-0.25, -0.2) is 9.97 Å². The van der Waals surface area contributed by atoms with E-state index in [9.17, 15) is 4.79 Å². The lowest BCUT2D eigenvalue weighted by Crippen LogP contribution is -2.14. The Morgan fingerprint density at radius 3 is 2.65 bits per heavy atom. The molecule has 0 unspecified atom stereocenters. The first-order valence-corrected chi connectivity index (χ1v) is 6.90. The van der Waals surface area contributed by atoms with E-state index in [-0.39, 0.29) is 11.1 Å². The number of rotatable bonds is 3. The normalized spacial score (nSPS) is 10.2. The molecule has 0 saturated heterocycles. The molecule has 0 radical (unpaired) electrons. The zero-order valence-electron chi connectivity index (χ0n) is 10.9. The SMILES string of the molecule is CN(C)c1ccc(NC(=O)c2cc(Br)cnc2Cl)cn1. The van der Waals surface area contributed by atoms with Gasteiger partial charge in [-0.15, -0.1) is 0 Å². The van der Waals surface area contributed by atoms with Crippen molar-refractivity contribution < 1.29 is 4.79 Å². The molecule has 0 atom stereocenters. The molecule has 2 heterocycles. The van der Waals surface area contributed by atoms with Gasteiger partial charge in [-0.2, -0.15) is 0 Å². The van der Waals surface area contributed by atoms with Crippen molar-refractivity contribution in [3.63, 3.8) is 0 Å². The third-order valence-electron chi connectivity index (χ3n) is 2.51. The highest BCUT2D eigenvalue weighted by atomic mass is 79.9. The summed E-state index contributed by atoms with van der Waals surface area (Å²) < 4.78 is 0.688. The fourth-order valence-electron chi connectivity index (χ4n) is 1.50. The van der Waals surface area contributed by atoms with Crippen LogP contribution in [0.3, 0.4) is 0 Å². The highest BCUT2D eigenvalue weighted by Crippen LogP contribution is 2.20. The molecule has 2 rings (SSSR count). The minimum absolute atomic E-state index is 0.156. The molecule has 2 aromatic heterocycles. The lowest BCUT2D eigenvalue weighted by atomic mass is 10.2. The summed E-state index contributed by atoms with van der Waals surface area (Å²) in [7, 11) is 3.79. The number of carbonyl (C=O) groups is 1. The summed E-state index contributed by atoms with van der Waals surface area (Å²) in [5.41, 5.74) is 0.898. The van der Waals surface area contributed by atoms with Gasteiger partial charge < -0.3 is 10.2 Å². The molecule has 7 heteroatoms. The maximum atomic E-state index is 12.1. The van der Waals surface area contributed by atoms with E-state index in [1.165, 1.54) is 6.20 Å². The van der Waals surface area contributed by atoms with Crippen LogP contribution in [0.1, 0.15) is 10.4 Å². The monoisotopic (exact) mass is 354 g/mol. The zero-order chi connectivity index (χ0) is 14.7. The predicted octanol–water partition coefficient (Wildman–Crippen LogP) is 3.21. The van der Waals surface area contributed by atoms with Crippen molar-refractivity contribution in [1.29, 1.82) is 0 Å². The van der Waals surface area contributed by atoms with Crippen molar-refractivity contribution in [2.45, 2.75) is 0 Å². The van der Waals surface area contributed by atoms with Gasteiger partial charge in [0.2, 0.25) is 0 Å². The minimum atomic E-state index is -0.330. The van der Waals surface area contributed by atoms with Gasteiger partial charge in [-0.05, 0) is 34.1 Å². The molecule has 0 saturated carbocycles. The molecule has 1 amide bonds. The molecular weight excluding hydrogens is 344 g/mol. The average molecular weight is 356 g/mol. The van der Waals surface area contributed by atoms with Gasteiger partial charge in [0.05, 0.1) is 17.4 Å². The molecule has 2 aromatic rings. The van der Waals surface area contributed by atoms with Crippen molar-refractivity contribution in [2.75, 3.05) is 24.3 Å². The first kappa shape index (κ1) is 14.7. The summed E-state index contributed by atoms with van der Waals surface area (Å²) in [6.45, 7) is 0. The summed E-state index contributed by atoms with van der Waals surface area (Å²) in [5.74, 6) is 0.480. The van der Waals surface area contributed by atoms with E-state index < -0.39 is 0 Å². The van der Waals surface area contributed by atoms with E-state index >= 15 is 0 Å². The highest BCUT2D eigenvalue weighted by Gasteiger charge is 2.12. The van der Waals surface area contributed by atoms with Crippen LogP contribution in [0.5, 0.6) is 0 Å². The van der Waals surface area contributed by atoms with E-state index in [4.69, 9.17) is 11.6 Å².